The Labute approximate surface area is 100 Å². The topological polar surface area (TPSA) is 43.6 Å². The van der Waals surface area contributed by atoms with E-state index in [1.165, 1.54) is 0 Å². The minimum Gasteiger partial charge on any atom is -0.461 e. The predicted molar refractivity (Wildman–Crippen MR) is 63.9 cm³/mol. The molecule has 15 heavy (non-hydrogen) atoms. The summed E-state index contributed by atoms with van der Waals surface area (Å²) in [7, 11) is 0. The van der Waals surface area contributed by atoms with Crippen molar-refractivity contribution < 1.29 is 9.53 Å². The first-order valence-electron chi connectivity index (χ1n) is 4.52. The van der Waals surface area contributed by atoms with Crippen molar-refractivity contribution in [2.24, 2.45) is 0 Å². The molecule has 2 aromatic heterocycles. The monoisotopic (exact) mass is 316 g/mol. The van der Waals surface area contributed by atoms with Crippen molar-refractivity contribution >= 4 is 34.2 Å². The van der Waals surface area contributed by atoms with E-state index in [-0.39, 0.29) is 5.97 Å². The zero-order valence-corrected chi connectivity index (χ0v) is 10.3. The van der Waals surface area contributed by atoms with Gasteiger partial charge in [0.1, 0.15) is 5.65 Å². The zero-order chi connectivity index (χ0) is 10.8. The van der Waals surface area contributed by atoms with Crippen molar-refractivity contribution in [3.63, 3.8) is 0 Å². The normalized spacial score (nSPS) is 10.5. The quantitative estimate of drug-likeness (QED) is 0.630. The van der Waals surface area contributed by atoms with Crippen LogP contribution in [0.15, 0.2) is 24.5 Å². The van der Waals surface area contributed by atoms with Gasteiger partial charge in [0.15, 0.2) is 5.69 Å². The van der Waals surface area contributed by atoms with Crippen molar-refractivity contribution in [3.05, 3.63) is 33.8 Å². The lowest BCUT2D eigenvalue weighted by atomic mass is 10.5. The predicted octanol–water partition coefficient (Wildman–Crippen LogP) is 2.12. The fourth-order valence-corrected chi connectivity index (χ4v) is 1.75. The molecule has 0 aromatic carbocycles. The second-order valence-electron chi connectivity index (χ2n) is 2.96. The third-order valence-electron chi connectivity index (χ3n) is 1.90. The van der Waals surface area contributed by atoms with Gasteiger partial charge in [-0.15, -0.1) is 0 Å². The molecular weight excluding hydrogens is 307 g/mol. The van der Waals surface area contributed by atoms with Crippen molar-refractivity contribution in [1.82, 2.24) is 9.38 Å². The van der Waals surface area contributed by atoms with Crippen molar-refractivity contribution in [2.75, 3.05) is 6.61 Å². The number of hydrogen-bond donors (Lipinski definition) is 0. The van der Waals surface area contributed by atoms with Gasteiger partial charge in [0.25, 0.3) is 0 Å². The molecule has 0 aliphatic carbocycles. The number of carbonyl (C=O) groups excluding carboxylic acids is 1. The van der Waals surface area contributed by atoms with Crippen molar-refractivity contribution in [1.29, 1.82) is 0 Å². The second-order valence-corrected chi connectivity index (χ2v) is 4.21. The van der Waals surface area contributed by atoms with E-state index in [4.69, 9.17) is 4.74 Å². The van der Waals surface area contributed by atoms with Crippen LogP contribution < -0.4 is 0 Å². The Hall–Kier alpha value is -1.11. The molecule has 78 valence electrons. The van der Waals surface area contributed by atoms with Crippen LogP contribution in [-0.4, -0.2) is 22.0 Å². The highest BCUT2D eigenvalue weighted by Gasteiger charge is 2.11. The minimum absolute atomic E-state index is 0.346. The summed E-state index contributed by atoms with van der Waals surface area (Å²) in [5.41, 5.74) is 1.09. The van der Waals surface area contributed by atoms with Gasteiger partial charge in [0.2, 0.25) is 0 Å². The zero-order valence-electron chi connectivity index (χ0n) is 8.11. The first-order valence-corrected chi connectivity index (χ1v) is 5.60. The largest absolute Gasteiger partial charge is 0.461 e. The summed E-state index contributed by atoms with van der Waals surface area (Å²) in [5.74, 6) is -0.379. The van der Waals surface area contributed by atoms with Crippen molar-refractivity contribution in [2.45, 2.75) is 6.92 Å². The number of ether oxygens (including phenoxy) is 1. The first-order chi connectivity index (χ1) is 7.20. The summed E-state index contributed by atoms with van der Waals surface area (Å²) in [6.45, 7) is 2.14. The molecule has 0 saturated carbocycles. The molecule has 0 unspecified atom stereocenters. The van der Waals surface area contributed by atoms with E-state index in [0.717, 1.165) is 9.22 Å². The van der Waals surface area contributed by atoms with Gasteiger partial charge in [-0.2, -0.15) is 0 Å². The van der Waals surface area contributed by atoms with Crippen LogP contribution >= 0.6 is 22.6 Å². The summed E-state index contributed by atoms with van der Waals surface area (Å²) in [5, 5.41) is 0. The fourth-order valence-electron chi connectivity index (χ4n) is 1.27. The Balaban J connectivity index is 2.42. The maximum Gasteiger partial charge on any atom is 0.358 e. The lowest BCUT2D eigenvalue weighted by Gasteiger charge is -1.95. The van der Waals surface area contributed by atoms with Gasteiger partial charge in [-0.05, 0) is 41.6 Å². The van der Waals surface area contributed by atoms with E-state index in [1.54, 1.807) is 13.1 Å². The lowest BCUT2D eigenvalue weighted by molar-refractivity contribution is 0.0520. The Morgan fingerprint density at radius 1 is 1.53 bits per heavy atom. The number of carbonyl (C=O) groups is 1. The van der Waals surface area contributed by atoms with Crippen LogP contribution in [0.4, 0.5) is 0 Å². The average Bonchev–Trinajstić information content (AvgIpc) is 2.60. The standard InChI is InChI=1S/C10H9IN2O2/c1-2-15-10(14)8-6-13-5-7(11)3-4-9(13)12-8/h3-6H,2H2,1H3. The summed E-state index contributed by atoms with van der Waals surface area (Å²) >= 11 is 2.21. The summed E-state index contributed by atoms with van der Waals surface area (Å²) in [6.07, 6.45) is 3.58. The third-order valence-corrected chi connectivity index (χ3v) is 2.54. The SMILES string of the molecule is CCOC(=O)c1cn2cc(I)ccc2n1. The van der Waals surface area contributed by atoms with Crippen LogP contribution in [0.5, 0.6) is 0 Å². The Morgan fingerprint density at radius 2 is 2.33 bits per heavy atom. The van der Waals surface area contributed by atoms with Gasteiger partial charge in [0.05, 0.1) is 6.61 Å². The lowest BCUT2D eigenvalue weighted by Crippen LogP contribution is -2.04. The molecule has 2 rings (SSSR count). The van der Waals surface area contributed by atoms with Gasteiger partial charge in [-0.3, -0.25) is 0 Å². The molecule has 0 N–H and O–H groups in total. The molecule has 0 atom stereocenters. The van der Waals surface area contributed by atoms with E-state index in [9.17, 15) is 4.79 Å². The van der Waals surface area contributed by atoms with E-state index in [1.807, 2.05) is 22.7 Å². The molecular formula is C10H9IN2O2. The average molecular weight is 316 g/mol. The van der Waals surface area contributed by atoms with Gasteiger partial charge in [-0.25, -0.2) is 9.78 Å². The molecule has 0 fully saturated rings. The fraction of sp³-hybridized carbons (Fsp3) is 0.200. The van der Waals surface area contributed by atoms with Crippen LogP contribution in [0, 0.1) is 3.57 Å². The van der Waals surface area contributed by atoms with E-state index < -0.39 is 0 Å². The Bertz CT molecular complexity index is 507. The van der Waals surface area contributed by atoms with Crippen molar-refractivity contribution in [3.8, 4) is 0 Å². The maximum absolute atomic E-state index is 11.4. The van der Waals surface area contributed by atoms with E-state index in [0.29, 0.717) is 12.3 Å². The van der Waals surface area contributed by atoms with Gasteiger partial charge < -0.3 is 9.14 Å². The number of aromatic nitrogens is 2. The molecule has 4 nitrogen and oxygen atoms in total. The molecule has 0 bridgehead atoms. The highest BCUT2D eigenvalue weighted by molar-refractivity contribution is 14.1. The molecule has 0 spiro atoms. The Morgan fingerprint density at radius 3 is 3.07 bits per heavy atom. The second kappa shape index (κ2) is 4.18. The summed E-state index contributed by atoms with van der Waals surface area (Å²) < 4.78 is 7.78. The maximum atomic E-state index is 11.4. The third kappa shape index (κ3) is 2.11. The number of nitrogens with zero attached hydrogens (tertiary/aromatic N) is 2. The number of esters is 1. The molecule has 5 heteroatoms. The minimum atomic E-state index is -0.379. The number of fused-ring (bicyclic) bond motifs is 1. The molecule has 0 aliphatic heterocycles. The smallest absolute Gasteiger partial charge is 0.358 e. The summed E-state index contributed by atoms with van der Waals surface area (Å²) in [4.78, 5) is 15.6. The number of rotatable bonds is 2. The van der Waals surface area contributed by atoms with Crippen LogP contribution in [0.1, 0.15) is 17.4 Å². The van der Waals surface area contributed by atoms with Gasteiger partial charge >= 0.3 is 5.97 Å². The number of hydrogen-bond acceptors (Lipinski definition) is 3. The first kappa shape index (κ1) is 10.4. The van der Waals surface area contributed by atoms with Crippen LogP contribution in [0.2, 0.25) is 0 Å². The number of imidazole rings is 1. The Kier molecular flexibility index (Phi) is 2.90. The number of pyridine rings is 1. The van der Waals surface area contributed by atoms with E-state index in [2.05, 4.69) is 27.6 Å². The molecule has 0 amide bonds. The molecule has 2 heterocycles. The number of halogens is 1. The summed E-state index contributed by atoms with van der Waals surface area (Å²) in [6, 6.07) is 3.81. The molecule has 0 radical (unpaired) electrons. The molecule has 2 aromatic rings. The van der Waals surface area contributed by atoms with E-state index >= 15 is 0 Å². The van der Waals surface area contributed by atoms with Gasteiger partial charge in [0, 0.05) is 16.0 Å². The molecule has 0 aliphatic rings. The van der Waals surface area contributed by atoms with Gasteiger partial charge in [-0.1, -0.05) is 0 Å². The highest BCUT2D eigenvalue weighted by Crippen LogP contribution is 2.10. The molecule has 0 saturated heterocycles. The van der Waals surface area contributed by atoms with Crippen LogP contribution in [0.3, 0.4) is 0 Å². The highest BCUT2D eigenvalue weighted by atomic mass is 127. The van der Waals surface area contributed by atoms with Crippen LogP contribution in [-0.2, 0) is 4.74 Å². The van der Waals surface area contributed by atoms with Crippen LogP contribution in [0.25, 0.3) is 5.65 Å².